The normalized spacial score (nSPS) is 10.9. The molecule has 2 aromatic carbocycles. The molecule has 0 bridgehead atoms. The summed E-state index contributed by atoms with van der Waals surface area (Å²) in [5.74, 6) is 0.691. The first-order chi connectivity index (χ1) is 13.5. The number of aromatic nitrogens is 2. The molecule has 0 aliphatic heterocycles. The topological polar surface area (TPSA) is 103 Å². The molecule has 4 aromatic rings. The monoisotopic (exact) mass is 396 g/mol. The van der Waals surface area contributed by atoms with Gasteiger partial charge in [0, 0.05) is 17.5 Å². The minimum atomic E-state index is -0.537. The molecule has 0 aliphatic carbocycles. The van der Waals surface area contributed by atoms with Crippen molar-refractivity contribution >= 4 is 33.9 Å². The molecule has 0 unspecified atom stereocenters. The maximum absolute atomic E-state index is 12.5. The molecule has 28 heavy (non-hydrogen) atoms. The summed E-state index contributed by atoms with van der Waals surface area (Å²) in [4.78, 5) is 22.8. The first-order valence-electron chi connectivity index (χ1n) is 8.27. The standard InChI is InChI=1S/C19H13ClN4O4/c20-18-16(21-10-15-9-12-3-1-2-4-17(12)28-15)11-22-23(19(18)25)13-5-7-14(8-6-13)24(26)27/h1-9,11,21H,10H2. The number of nitro benzene ring substituents is 1. The third-order valence-electron chi connectivity index (χ3n) is 4.15. The number of hydrogen-bond donors (Lipinski definition) is 1. The lowest BCUT2D eigenvalue weighted by Crippen LogP contribution is -2.22. The number of fused-ring (bicyclic) bond motifs is 1. The lowest BCUT2D eigenvalue weighted by atomic mass is 10.2. The van der Waals surface area contributed by atoms with Crippen LogP contribution in [0.3, 0.4) is 0 Å². The van der Waals surface area contributed by atoms with E-state index < -0.39 is 10.5 Å². The van der Waals surface area contributed by atoms with E-state index in [1.165, 1.54) is 30.5 Å². The Kier molecular flexibility index (Phi) is 4.54. The van der Waals surface area contributed by atoms with Crippen molar-refractivity contribution in [1.82, 2.24) is 9.78 Å². The molecule has 0 amide bonds. The van der Waals surface area contributed by atoms with Gasteiger partial charge in [0.2, 0.25) is 0 Å². The number of halogens is 1. The first-order valence-corrected chi connectivity index (χ1v) is 8.65. The van der Waals surface area contributed by atoms with Crippen molar-refractivity contribution in [1.29, 1.82) is 0 Å². The third-order valence-corrected chi connectivity index (χ3v) is 4.52. The highest BCUT2D eigenvalue weighted by Gasteiger charge is 2.13. The van der Waals surface area contributed by atoms with E-state index in [4.69, 9.17) is 16.0 Å². The second kappa shape index (κ2) is 7.16. The van der Waals surface area contributed by atoms with Crippen LogP contribution in [0.25, 0.3) is 16.7 Å². The van der Waals surface area contributed by atoms with Gasteiger partial charge in [-0.15, -0.1) is 0 Å². The van der Waals surface area contributed by atoms with Crippen LogP contribution in [-0.4, -0.2) is 14.7 Å². The Morgan fingerprint density at radius 1 is 1.18 bits per heavy atom. The zero-order valence-corrected chi connectivity index (χ0v) is 15.1. The molecule has 0 atom stereocenters. The van der Waals surface area contributed by atoms with Crippen LogP contribution < -0.4 is 10.9 Å². The number of benzene rings is 2. The molecule has 0 spiro atoms. The number of nitrogens with zero attached hydrogens (tertiary/aromatic N) is 3. The molecule has 9 heteroatoms. The Labute approximate surface area is 163 Å². The van der Waals surface area contributed by atoms with Crippen LogP contribution in [0.2, 0.25) is 5.02 Å². The number of rotatable bonds is 5. The van der Waals surface area contributed by atoms with Gasteiger partial charge in [0.05, 0.1) is 29.0 Å². The minimum absolute atomic E-state index is 0.0375. The summed E-state index contributed by atoms with van der Waals surface area (Å²) >= 11 is 6.20. The highest BCUT2D eigenvalue weighted by molar-refractivity contribution is 6.32. The van der Waals surface area contributed by atoms with Crippen LogP contribution in [0.5, 0.6) is 0 Å². The fourth-order valence-corrected chi connectivity index (χ4v) is 2.96. The van der Waals surface area contributed by atoms with E-state index >= 15 is 0 Å². The van der Waals surface area contributed by atoms with Crippen LogP contribution in [0, 0.1) is 10.1 Å². The molecule has 0 aliphatic rings. The number of non-ortho nitro benzene ring substituents is 1. The van der Waals surface area contributed by atoms with Gasteiger partial charge in [0.25, 0.3) is 11.2 Å². The molecular weight excluding hydrogens is 384 g/mol. The number of nitro groups is 1. The average molecular weight is 397 g/mol. The predicted molar refractivity (Wildman–Crippen MR) is 105 cm³/mol. The van der Waals surface area contributed by atoms with Crippen molar-refractivity contribution in [2.24, 2.45) is 0 Å². The van der Waals surface area contributed by atoms with Crippen LogP contribution in [0.15, 0.2) is 70.0 Å². The molecule has 4 rings (SSSR count). The lowest BCUT2D eigenvalue weighted by molar-refractivity contribution is -0.384. The summed E-state index contributed by atoms with van der Waals surface area (Å²) in [5.41, 5.74) is 0.904. The van der Waals surface area contributed by atoms with Gasteiger partial charge in [0.15, 0.2) is 0 Å². The van der Waals surface area contributed by atoms with Crippen LogP contribution >= 0.6 is 11.6 Å². The number of furan rings is 1. The van der Waals surface area contributed by atoms with E-state index in [2.05, 4.69) is 10.4 Å². The Balaban J connectivity index is 1.57. The maximum Gasteiger partial charge on any atom is 0.292 e. The van der Waals surface area contributed by atoms with E-state index in [9.17, 15) is 14.9 Å². The molecular formula is C19H13ClN4O4. The Morgan fingerprint density at radius 2 is 1.93 bits per heavy atom. The van der Waals surface area contributed by atoms with Crippen molar-refractivity contribution in [2.75, 3.05) is 5.32 Å². The van der Waals surface area contributed by atoms with Gasteiger partial charge in [0.1, 0.15) is 16.4 Å². The molecule has 0 saturated heterocycles. The largest absolute Gasteiger partial charge is 0.459 e. The van der Waals surface area contributed by atoms with E-state index in [1.807, 2.05) is 30.3 Å². The summed E-state index contributed by atoms with van der Waals surface area (Å²) in [6.07, 6.45) is 1.42. The third kappa shape index (κ3) is 3.33. The zero-order valence-electron chi connectivity index (χ0n) is 14.3. The quantitative estimate of drug-likeness (QED) is 0.401. The fraction of sp³-hybridized carbons (Fsp3) is 0.0526. The zero-order chi connectivity index (χ0) is 19.7. The predicted octanol–water partition coefficient (Wildman–Crippen LogP) is 4.15. The number of para-hydroxylation sites is 1. The highest BCUT2D eigenvalue weighted by Crippen LogP contribution is 2.22. The van der Waals surface area contributed by atoms with Gasteiger partial charge in [-0.2, -0.15) is 9.78 Å². The number of nitrogens with one attached hydrogen (secondary N) is 1. The summed E-state index contributed by atoms with van der Waals surface area (Å²) in [6.45, 7) is 0.330. The van der Waals surface area contributed by atoms with Gasteiger partial charge in [-0.3, -0.25) is 14.9 Å². The van der Waals surface area contributed by atoms with E-state index in [-0.39, 0.29) is 10.7 Å². The van der Waals surface area contributed by atoms with Gasteiger partial charge in [-0.25, -0.2) is 0 Å². The van der Waals surface area contributed by atoms with Crippen molar-refractivity contribution in [3.05, 3.63) is 92.0 Å². The molecule has 8 nitrogen and oxygen atoms in total. The minimum Gasteiger partial charge on any atom is -0.459 e. The fourth-order valence-electron chi connectivity index (χ4n) is 2.76. The SMILES string of the molecule is O=c1c(Cl)c(NCc2cc3ccccc3o2)cnn1-c1ccc([N+](=O)[O-])cc1. The average Bonchev–Trinajstić information content (AvgIpc) is 3.12. The molecule has 2 heterocycles. The van der Waals surface area contributed by atoms with Crippen LogP contribution in [0.4, 0.5) is 11.4 Å². The van der Waals surface area contributed by atoms with E-state index in [1.54, 1.807) is 0 Å². The Hall–Kier alpha value is -3.65. The Bertz CT molecular complexity index is 1200. The molecule has 1 N–H and O–H groups in total. The van der Waals surface area contributed by atoms with Gasteiger partial charge < -0.3 is 9.73 Å². The van der Waals surface area contributed by atoms with Crippen LogP contribution in [-0.2, 0) is 6.54 Å². The van der Waals surface area contributed by atoms with Crippen molar-refractivity contribution in [3.63, 3.8) is 0 Å². The van der Waals surface area contributed by atoms with Crippen molar-refractivity contribution < 1.29 is 9.34 Å². The molecule has 140 valence electrons. The summed E-state index contributed by atoms with van der Waals surface area (Å²) < 4.78 is 6.80. The smallest absolute Gasteiger partial charge is 0.292 e. The summed E-state index contributed by atoms with van der Waals surface area (Å²) in [6, 6.07) is 15.0. The van der Waals surface area contributed by atoms with Crippen LogP contribution in [0.1, 0.15) is 5.76 Å². The number of hydrogen-bond acceptors (Lipinski definition) is 6. The first kappa shape index (κ1) is 17.7. The van der Waals surface area contributed by atoms with Gasteiger partial charge in [-0.1, -0.05) is 29.8 Å². The second-order valence-electron chi connectivity index (χ2n) is 5.97. The summed E-state index contributed by atoms with van der Waals surface area (Å²) in [7, 11) is 0. The maximum atomic E-state index is 12.5. The second-order valence-corrected chi connectivity index (χ2v) is 6.34. The van der Waals surface area contributed by atoms with E-state index in [0.717, 1.165) is 15.7 Å². The van der Waals surface area contributed by atoms with E-state index in [0.29, 0.717) is 23.7 Å². The van der Waals surface area contributed by atoms with Gasteiger partial charge >= 0.3 is 0 Å². The molecule has 0 saturated carbocycles. The lowest BCUT2D eigenvalue weighted by Gasteiger charge is -2.09. The molecule has 0 fully saturated rings. The van der Waals surface area contributed by atoms with Gasteiger partial charge in [-0.05, 0) is 24.3 Å². The van der Waals surface area contributed by atoms with Crippen molar-refractivity contribution in [3.8, 4) is 5.69 Å². The molecule has 2 aromatic heterocycles. The van der Waals surface area contributed by atoms with Crippen molar-refractivity contribution in [2.45, 2.75) is 6.54 Å². The summed E-state index contributed by atoms with van der Waals surface area (Å²) in [5, 5.41) is 18.8. The Morgan fingerprint density at radius 3 is 2.64 bits per heavy atom. The number of anilines is 1. The molecule has 0 radical (unpaired) electrons. The highest BCUT2D eigenvalue weighted by atomic mass is 35.5.